The van der Waals surface area contributed by atoms with E-state index in [1.807, 2.05) is 0 Å². The van der Waals surface area contributed by atoms with Gasteiger partial charge >= 0.3 is 0 Å². The summed E-state index contributed by atoms with van der Waals surface area (Å²) in [6, 6.07) is 8.81. The van der Waals surface area contributed by atoms with Gasteiger partial charge in [-0.15, -0.1) is 0 Å². The number of rotatable bonds is 25. The first kappa shape index (κ1) is 31.5. The van der Waals surface area contributed by atoms with E-state index in [0.29, 0.717) is 0 Å². The van der Waals surface area contributed by atoms with Crippen LogP contribution in [0.25, 0.3) is 0 Å². The molecule has 0 bridgehead atoms. The molecule has 0 fully saturated rings. The van der Waals surface area contributed by atoms with Gasteiger partial charge in [-0.25, -0.2) is 0 Å². The quantitative estimate of drug-likeness (QED) is 0.112. The van der Waals surface area contributed by atoms with Gasteiger partial charge in [-0.05, 0) is 40.9 Å². The molecule has 0 saturated carbocycles. The first-order valence-electron chi connectivity index (χ1n) is 15.3. The number of nitrogens with zero attached hydrogens (tertiary/aromatic N) is 1. The van der Waals surface area contributed by atoms with E-state index in [2.05, 4.69) is 58.9 Å². The molecule has 0 spiro atoms. The number of para-hydroxylation sites is 1. The van der Waals surface area contributed by atoms with Crippen LogP contribution < -0.4 is 4.90 Å². The lowest BCUT2D eigenvalue weighted by Crippen LogP contribution is -2.26. The van der Waals surface area contributed by atoms with Crippen LogP contribution in [0.15, 0.2) is 28.7 Å². The van der Waals surface area contributed by atoms with Crippen LogP contribution in [0.2, 0.25) is 0 Å². The average Bonchev–Trinajstić information content (AvgIpc) is 2.85. The minimum Gasteiger partial charge on any atom is -0.371 e. The van der Waals surface area contributed by atoms with Gasteiger partial charge in [0.2, 0.25) is 0 Å². The molecule has 1 aromatic carbocycles. The van der Waals surface area contributed by atoms with E-state index in [1.54, 1.807) is 0 Å². The first-order chi connectivity index (χ1) is 16.8. The summed E-state index contributed by atoms with van der Waals surface area (Å²) >= 11 is 3.80. The van der Waals surface area contributed by atoms with Crippen molar-refractivity contribution in [3.05, 3.63) is 28.7 Å². The molecular formula is C32H58BrN. The van der Waals surface area contributed by atoms with Crippen molar-refractivity contribution in [1.29, 1.82) is 0 Å². The summed E-state index contributed by atoms with van der Waals surface area (Å²) in [5.41, 5.74) is 1.39. The van der Waals surface area contributed by atoms with Gasteiger partial charge in [0, 0.05) is 17.6 Å². The molecule has 1 aromatic rings. The zero-order chi connectivity index (χ0) is 24.5. The topological polar surface area (TPSA) is 3.24 Å². The second-order valence-electron chi connectivity index (χ2n) is 10.5. The molecule has 0 aliphatic rings. The first-order valence-corrected chi connectivity index (χ1v) is 16.1. The highest BCUT2D eigenvalue weighted by Gasteiger charge is 2.09. The molecule has 198 valence electrons. The monoisotopic (exact) mass is 535 g/mol. The van der Waals surface area contributed by atoms with Crippen molar-refractivity contribution in [2.45, 2.75) is 155 Å². The highest BCUT2D eigenvalue weighted by Crippen LogP contribution is 2.27. The Hall–Kier alpha value is -0.500. The van der Waals surface area contributed by atoms with E-state index in [-0.39, 0.29) is 0 Å². The zero-order valence-electron chi connectivity index (χ0n) is 23.1. The Morgan fingerprint density at radius 2 is 0.794 bits per heavy atom. The molecule has 0 amide bonds. The van der Waals surface area contributed by atoms with E-state index >= 15 is 0 Å². The summed E-state index contributed by atoms with van der Waals surface area (Å²) in [6.07, 6.45) is 31.2. The fourth-order valence-electron chi connectivity index (χ4n) is 4.99. The third kappa shape index (κ3) is 17.9. The summed E-state index contributed by atoms with van der Waals surface area (Å²) in [4.78, 5) is 2.64. The highest BCUT2D eigenvalue weighted by atomic mass is 79.9. The molecule has 0 aliphatic heterocycles. The molecule has 0 heterocycles. The third-order valence-corrected chi connectivity index (χ3v) is 7.93. The van der Waals surface area contributed by atoms with E-state index in [9.17, 15) is 0 Å². The molecule has 1 rings (SSSR count). The summed E-state index contributed by atoms with van der Waals surface area (Å²) in [7, 11) is 0. The predicted octanol–water partition coefficient (Wildman–Crippen LogP) is 11.9. The minimum atomic E-state index is 1.21. The van der Waals surface area contributed by atoms with Crippen molar-refractivity contribution in [3.63, 3.8) is 0 Å². The summed E-state index contributed by atoms with van der Waals surface area (Å²) in [6.45, 7) is 7.01. The molecule has 0 unspecified atom stereocenters. The number of benzene rings is 1. The third-order valence-electron chi connectivity index (χ3n) is 7.26. The Morgan fingerprint density at radius 1 is 0.471 bits per heavy atom. The number of halogens is 1. The number of hydrogen-bond acceptors (Lipinski definition) is 1. The molecule has 0 aromatic heterocycles. The maximum atomic E-state index is 3.80. The Bertz CT molecular complexity index is 518. The molecule has 1 nitrogen and oxygen atoms in total. The van der Waals surface area contributed by atoms with Crippen LogP contribution in [0, 0.1) is 0 Å². The summed E-state index contributed by atoms with van der Waals surface area (Å²) in [5, 5.41) is 0. The van der Waals surface area contributed by atoms with Gasteiger partial charge in [0.15, 0.2) is 0 Å². The summed E-state index contributed by atoms with van der Waals surface area (Å²) < 4.78 is 1.25. The Balaban J connectivity index is 2.15. The van der Waals surface area contributed by atoms with E-state index in [1.165, 1.54) is 165 Å². The number of unbranched alkanes of at least 4 members (excludes halogenated alkanes) is 20. The summed E-state index contributed by atoms with van der Waals surface area (Å²) in [5.74, 6) is 0. The largest absolute Gasteiger partial charge is 0.371 e. The predicted molar refractivity (Wildman–Crippen MR) is 159 cm³/mol. The number of hydrogen-bond donors (Lipinski definition) is 0. The van der Waals surface area contributed by atoms with Gasteiger partial charge in [0.05, 0.1) is 5.69 Å². The molecule has 0 saturated heterocycles. The Kier molecular flexibility index (Phi) is 22.4. The van der Waals surface area contributed by atoms with Crippen molar-refractivity contribution in [2.75, 3.05) is 18.0 Å². The van der Waals surface area contributed by atoms with Crippen LogP contribution in [0.3, 0.4) is 0 Å². The van der Waals surface area contributed by atoms with Gasteiger partial charge in [0.25, 0.3) is 0 Å². The van der Waals surface area contributed by atoms with Crippen LogP contribution in [-0.2, 0) is 0 Å². The molecule has 0 radical (unpaired) electrons. The SMILES string of the molecule is CCCCCCCCCCCCCN(CCCCCCCCCCCCC)c1ccccc1Br. The lowest BCUT2D eigenvalue weighted by Gasteiger charge is -2.26. The standard InChI is InChI=1S/C32H58BrN/c1-3-5-7-9-11-13-15-17-19-21-25-29-34(32-28-24-23-27-31(32)33)30-26-22-20-18-16-14-12-10-8-6-4-2/h23-24,27-28H,3-22,25-26,29-30H2,1-2H3. The van der Waals surface area contributed by atoms with Gasteiger partial charge in [-0.3, -0.25) is 0 Å². The molecule has 0 aliphatic carbocycles. The van der Waals surface area contributed by atoms with E-state index in [4.69, 9.17) is 0 Å². The van der Waals surface area contributed by atoms with Crippen molar-refractivity contribution < 1.29 is 0 Å². The van der Waals surface area contributed by atoms with Crippen LogP contribution in [0.5, 0.6) is 0 Å². The fraction of sp³-hybridized carbons (Fsp3) is 0.812. The van der Waals surface area contributed by atoms with Crippen molar-refractivity contribution in [1.82, 2.24) is 0 Å². The molecule has 34 heavy (non-hydrogen) atoms. The smallest absolute Gasteiger partial charge is 0.0510 e. The number of anilines is 1. The van der Waals surface area contributed by atoms with Crippen LogP contribution in [0.1, 0.15) is 155 Å². The normalized spacial score (nSPS) is 11.3. The maximum absolute atomic E-state index is 3.80. The molecule has 0 N–H and O–H groups in total. The lowest BCUT2D eigenvalue weighted by atomic mass is 10.1. The molecular weight excluding hydrogens is 478 g/mol. The minimum absolute atomic E-state index is 1.21. The zero-order valence-corrected chi connectivity index (χ0v) is 24.7. The van der Waals surface area contributed by atoms with Gasteiger partial charge < -0.3 is 4.90 Å². The van der Waals surface area contributed by atoms with E-state index in [0.717, 1.165) is 0 Å². The molecule has 2 heteroatoms. The second-order valence-corrected chi connectivity index (χ2v) is 11.4. The Morgan fingerprint density at radius 3 is 1.15 bits per heavy atom. The van der Waals surface area contributed by atoms with Crippen molar-refractivity contribution in [3.8, 4) is 0 Å². The van der Waals surface area contributed by atoms with Crippen molar-refractivity contribution >= 4 is 21.6 Å². The molecule has 0 atom stereocenters. The van der Waals surface area contributed by atoms with Gasteiger partial charge in [0.1, 0.15) is 0 Å². The fourth-order valence-corrected chi connectivity index (χ4v) is 5.53. The van der Waals surface area contributed by atoms with Gasteiger partial charge in [-0.2, -0.15) is 0 Å². The lowest BCUT2D eigenvalue weighted by molar-refractivity contribution is 0.538. The van der Waals surface area contributed by atoms with E-state index < -0.39 is 0 Å². The highest BCUT2D eigenvalue weighted by molar-refractivity contribution is 9.10. The van der Waals surface area contributed by atoms with Gasteiger partial charge in [-0.1, -0.05) is 154 Å². The maximum Gasteiger partial charge on any atom is 0.0510 e. The van der Waals surface area contributed by atoms with Crippen molar-refractivity contribution in [2.24, 2.45) is 0 Å². The van der Waals surface area contributed by atoms with Crippen LogP contribution in [0.4, 0.5) is 5.69 Å². The second kappa shape index (κ2) is 24.2. The van der Waals surface area contributed by atoms with Crippen LogP contribution in [-0.4, -0.2) is 13.1 Å². The van der Waals surface area contributed by atoms with Crippen LogP contribution >= 0.6 is 15.9 Å². The average molecular weight is 537 g/mol. The Labute approximate surface area is 223 Å².